The van der Waals surface area contributed by atoms with Crippen molar-refractivity contribution in [1.29, 1.82) is 0 Å². The van der Waals surface area contributed by atoms with Crippen LogP contribution in [0.5, 0.6) is 0 Å². The van der Waals surface area contributed by atoms with Gasteiger partial charge >= 0.3 is 0 Å². The van der Waals surface area contributed by atoms with E-state index in [0.29, 0.717) is 24.1 Å². The zero-order valence-corrected chi connectivity index (χ0v) is 15.0. The first kappa shape index (κ1) is 18.2. The largest absolute Gasteiger partial charge is 0.380 e. The monoisotopic (exact) mass is 407 g/mol. The van der Waals surface area contributed by atoms with E-state index in [4.69, 9.17) is 4.74 Å². The number of nitrogens with zero attached hydrogens (tertiary/aromatic N) is 1. The van der Waals surface area contributed by atoms with Crippen LogP contribution in [0.4, 0.5) is 4.39 Å². The summed E-state index contributed by atoms with van der Waals surface area (Å²) in [5.74, 6) is 1.27. The van der Waals surface area contributed by atoms with E-state index in [1.807, 2.05) is 6.07 Å². The molecule has 0 saturated heterocycles. The summed E-state index contributed by atoms with van der Waals surface area (Å²) in [6.07, 6.45) is 1.19. The highest BCUT2D eigenvalue weighted by molar-refractivity contribution is 14.0. The summed E-state index contributed by atoms with van der Waals surface area (Å²) in [5.41, 5.74) is 1.58. The lowest BCUT2D eigenvalue weighted by Gasteiger charge is -2.12. The third kappa shape index (κ3) is 5.43. The highest BCUT2D eigenvalue weighted by atomic mass is 127. The van der Waals surface area contributed by atoms with Crippen LogP contribution in [0.3, 0.4) is 0 Å². The van der Waals surface area contributed by atoms with Gasteiger partial charge in [0.1, 0.15) is 5.82 Å². The molecule has 21 heavy (non-hydrogen) atoms. The van der Waals surface area contributed by atoms with Crippen molar-refractivity contribution in [1.82, 2.24) is 10.6 Å². The minimum atomic E-state index is -0.232. The second kappa shape index (κ2) is 8.53. The first-order valence-electron chi connectivity index (χ1n) is 6.87. The molecule has 2 atom stereocenters. The number of rotatable bonds is 5. The van der Waals surface area contributed by atoms with Gasteiger partial charge in [-0.2, -0.15) is 0 Å². The van der Waals surface area contributed by atoms with Crippen LogP contribution in [0.25, 0.3) is 0 Å². The van der Waals surface area contributed by atoms with Gasteiger partial charge in [0.2, 0.25) is 0 Å². The Kier molecular flexibility index (Phi) is 7.37. The molecule has 1 saturated carbocycles. The molecule has 0 heterocycles. The maximum atomic E-state index is 13.5. The molecular weight excluding hydrogens is 384 g/mol. The topological polar surface area (TPSA) is 45.7 Å². The van der Waals surface area contributed by atoms with Gasteiger partial charge in [0.15, 0.2) is 5.96 Å². The number of methoxy groups -OCH3 is 1. The van der Waals surface area contributed by atoms with Crippen molar-refractivity contribution in [3.63, 3.8) is 0 Å². The van der Waals surface area contributed by atoms with Gasteiger partial charge in [0.25, 0.3) is 0 Å². The van der Waals surface area contributed by atoms with Crippen LogP contribution in [-0.4, -0.2) is 26.2 Å². The van der Waals surface area contributed by atoms with Crippen LogP contribution < -0.4 is 10.6 Å². The molecular formula is C15H23FIN3O. The van der Waals surface area contributed by atoms with Crippen LogP contribution in [0, 0.1) is 11.7 Å². The smallest absolute Gasteiger partial charge is 0.191 e. The Morgan fingerprint density at radius 2 is 2.19 bits per heavy atom. The van der Waals surface area contributed by atoms with E-state index < -0.39 is 0 Å². The summed E-state index contributed by atoms with van der Waals surface area (Å²) in [7, 11) is 3.32. The summed E-state index contributed by atoms with van der Waals surface area (Å²) >= 11 is 0. The molecule has 0 spiro atoms. The fraction of sp³-hybridized carbons (Fsp3) is 0.533. The predicted molar refractivity (Wildman–Crippen MR) is 93.4 cm³/mol. The molecule has 1 fully saturated rings. The summed E-state index contributed by atoms with van der Waals surface area (Å²) in [5, 5.41) is 6.59. The molecule has 2 rings (SSSR count). The molecule has 1 aliphatic carbocycles. The number of benzene rings is 1. The standard InChI is InChI=1S/C15H22FN3O.HI/c1-10-6-14(10)19-15(17-2)18-8-11-4-5-13(16)12(7-11)9-20-3;/h4-5,7,10,14H,6,8-9H2,1-3H3,(H2,17,18,19);1H. The number of guanidine groups is 1. The molecule has 2 unspecified atom stereocenters. The molecule has 0 bridgehead atoms. The summed E-state index contributed by atoms with van der Waals surface area (Å²) in [4.78, 5) is 4.19. The Morgan fingerprint density at radius 3 is 2.76 bits per heavy atom. The van der Waals surface area contributed by atoms with E-state index in [0.717, 1.165) is 11.5 Å². The fourth-order valence-electron chi connectivity index (χ4n) is 2.08. The molecule has 1 aliphatic rings. The van der Waals surface area contributed by atoms with Gasteiger partial charge in [-0.05, 0) is 30.0 Å². The molecule has 0 aliphatic heterocycles. The van der Waals surface area contributed by atoms with E-state index >= 15 is 0 Å². The quantitative estimate of drug-likeness (QED) is 0.448. The second-order valence-corrected chi connectivity index (χ2v) is 5.25. The van der Waals surface area contributed by atoms with Crippen molar-refractivity contribution in [2.45, 2.75) is 32.5 Å². The summed E-state index contributed by atoms with van der Waals surface area (Å²) in [6.45, 7) is 3.10. The second-order valence-electron chi connectivity index (χ2n) is 5.25. The molecule has 0 radical (unpaired) electrons. The maximum Gasteiger partial charge on any atom is 0.191 e. The Morgan fingerprint density at radius 1 is 1.48 bits per heavy atom. The van der Waals surface area contributed by atoms with Crippen LogP contribution in [0.15, 0.2) is 23.2 Å². The van der Waals surface area contributed by atoms with Gasteiger partial charge in [-0.25, -0.2) is 4.39 Å². The minimum absolute atomic E-state index is 0. The van der Waals surface area contributed by atoms with Crippen molar-refractivity contribution in [2.24, 2.45) is 10.9 Å². The number of halogens is 2. The zero-order chi connectivity index (χ0) is 14.5. The Labute approximate surface area is 142 Å². The first-order valence-corrected chi connectivity index (χ1v) is 6.87. The fourth-order valence-corrected chi connectivity index (χ4v) is 2.08. The third-order valence-corrected chi connectivity index (χ3v) is 3.53. The lowest BCUT2D eigenvalue weighted by atomic mass is 10.1. The van der Waals surface area contributed by atoms with Gasteiger partial charge in [0.05, 0.1) is 6.61 Å². The van der Waals surface area contributed by atoms with E-state index in [1.54, 1.807) is 20.2 Å². The zero-order valence-electron chi connectivity index (χ0n) is 12.6. The average molecular weight is 407 g/mol. The van der Waals surface area contributed by atoms with Gasteiger partial charge in [0, 0.05) is 32.3 Å². The number of nitrogens with one attached hydrogen (secondary N) is 2. The minimum Gasteiger partial charge on any atom is -0.380 e. The summed E-state index contributed by atoms with van der Waals surface area (Å²) < 4.78 is 18.5. The molecule has 1 aromatic carbocycles. The highest BCUT2D eigenvalue weighted by Crippen LogP contribution is 2.28. The normalized spacial score (nSPS) is 20.7. The molecule has 118 valence electrons. The Balaban J connectivity index is 0.00000220. The summed E-state index contributed by atoms with van der Waals surface area (Å²) in [6, 6.07) is 5.59. The van der Waals surface area contributed by atoms with E-state index in [1.165, 1.54) is 12.5 Å². The molecule has 2 N–H and O–H groups in total. The molecule has 1 aromatic rings. The number of hydrogen-bond donors (Lipinski definition) is 2. The molecule has 6 heteroatoms. The van der Waals surface area contributed by atoms with E-state index in [9.17, 15) is 4.39 Å². The lowest BCUT2D eigenvalue weighted by molar-refractivity contribution is 0.181. The predicted octanol–water partition coefficient (Wildman–Crippen LogP) is 2.66. The van der Waals surface area contributed by atoms with E-state index in [-0.39, 0.29) is 36.4 Å². The van der Waals surface area contributed by atoms with Crippen LogP contribution >= 0.6 is 24.0 Å². The average Bonchev–Trinajstić information content (AvgIpc) is 3.13. The Hall–Kier alpha value is -0.890. The van der Waals surface area contributed by atoms with Gasteiger partial charge in [-0.15, -0.1) is 24.0 Å². The van der Waals surface area contributed by atoms with Crippen LogP contribution in [0.2, 0.25) is 0 Å². The van der Waals surface area contributed by atoms with Crippen molar-refractivity contribution in [3.8, 4) is 0 Å². The van der Waals surface area contributed by atoms with Crippen molar-refractivity contribution >= 4 is 29.9 Å². The van der Waals surface area contributed by atoms with Gasteiger partial charge in [-0.3, -0.25) is 4.99 Å². The van der Waals surface area contributed by atoms with E-state index in [2.05, 4.69) is 22.5 Å². The van der Waals surface area contributed by atoms with Gasteiger partial charge in [-0.1, -0.05) is 13.0 Å². The number of aliphatic imine (C=N–C) groups is 1. The molecule has 4 nitrogen and oxygen atoms in total. The van der Waals surface area contributed by atoms with Crippen molar-refractivity contribution in [3.05, 3.63) is 35.1 Å². The van der Waals surface area contributed by atoms with Crippen LogP contribution in [0.1, 0.15) is 24.5 Å². The van der Waals surface area contributed by atoms with Crippen molar-refractivity contribution in [2.75, 3.05) is 14.2 Å². The Bertz CT molecular complexity index is 496. The third-order valence-electron chi connectivity index (χ3n) is 3.53. The lowest BCUT2D eigenvalue weighted by Crippen LogP contribution is -2.38. The number of hydrogen-bond acceptors (Lipinski definition) is 2. The molecule has 0 amide bonds. The number of ether oxygens (including phenoxy) is 1. The van der Waals surface area contributed by atoms with Crippen molar-refractivity contribution < 1.29 is 9.13 Å². The highest BCUT2D eigenvalue weighted by Gasteiger charge is 2.33. The molecule has 0 aromatic heterocycles. The van der Waals surface area contributed by atoms with Crippen LogP contribution in [-0.2, 0) is 17.9 Å². The first-order chi connectivity index (χ1) is 9.63. The SMILES string of the molecule is CN=C(NCc1ccc(F)c(COC)c1)NC1CC1C.I. The van der Waals surface area contributed by atoms with Gasteiger partial charge < -0.3 is 15.4 Å². The maximum absolute atomic E-state index is 13.5.